The van der Waals surface area contributed by atoms with Crippen LogP contribution < -0.4 is 15.5 Å². The van der Waals surface area contributed by atoms with Crippen LogP contribution in [0, 0.1) is 20.8 Å². The molecule has 6 nitrogen and oxygen atoms in total. The van der Waals surface area contributed by atoms with Gasteiger partial charge in [-0.15, -0.1) is 0 Å². The zero-order valence-corrected chi connectivity index (χ0v) is 16.9. The highest BCUT2D eigenvalue weighted by atomic mass is 16.1. The van der Waals surface area contributed by atoms with Crippen molar-refractivity contribution in [2.75, 3.05) is 29.6 Å². The molecular weight excluding hydrogens is 350 g/mol. The first kappa shape index (κ1) is 19.4. The summed E-state index contributed by atoms with van der Waals surface area (Å²) in [4.78, 5) is 23.4. The van der Waals surface area contributed by atoms with Gasteiger partial charge in [0, 0.05) is 37.2 Å². The van der Waals surface area contributed by atoms with E-state index >= 15 is 0 Å². The lowest BCUT2D eigenvalue weighted by molar-refractivity contribution is 0.102. The summed E-state index contributed by atoms with van der Waals surface area (Å²) in [5.74, 6) is 0.852. The molecule has 1 aromatic heterocycles. The van der Waals surface area contributed by atoms with Crippen LogP contribution in [0.3, 0.4) is 0 Å². The van der Waals surface area contributed by atoms with Gasteiger partial charge in [-0.25, -0.2) is 9.97 Å². The van der Waals surface area contributed by atoms with Crippen LogP contribution in [0.1, 0.15) is 27.4 Å². The maximum atomic E-state index is 12.7. The Morgan fingerprint density at radius 2 is 1.68 bits per heavy atom. The highest BCUT2D eigenvalue weighted by Gasteiger charge is 2.12. The van der Waals surface area contributed by atoms with Crippen molar-refractivity contribution in [1.82, 2.24) is 9.97 Å². The van der Waals surface area contributed by atoms with Crippen molar-refractivity contribution in [2.24, 2.45) is 0 Å². The largest absolute Gasteiger partial charge is 0.378 e. The topological polar surface area (TPSA) is 70.2 Å². The Balaban J connectivity index is 1.80. The summed E-state index contributed by atoms with van der Waals surface area (Å²) in [6.45, 7) is 5.89. The van der Waals surface area contributed by atoms with Crippen molar-refractivity contribution in [1.29, 1.82) is 0 Å². The van der Waals surface area contributed by atoms with Gasteiger partial charge in [0.2, 0.25) is 0 Å². The molecule has 0 saturated carbocycles. The van der Waals surface area contributed by atoms with Gasteiger partial charge in [0.1, 0.15) is 17.3 Å². The molecule has 0 aliphatic heterocycles. The predicted molar refractivity (Wildman–Crippen MR) is 115 cm³/mol. The van der Waals surface area contributed by atoms with Crippen molar-refractivity contribution in [2.45, 2.75) is 20.8 Å². The van der Waals surface area contributed by atoms with Gasteiger partial charge >= 0.3 is 0 Å². The summed E-state index contributed by atoms with van der Waals surface area (Å²) in [6.07, 6.45) is 0. The molecule has 144 valence electrons. The van der Waals surface area contributed by atoms with Gasteiger partial charge in [-0.05, 0) is 62.2 Å². The molecule has 2 N–H and O–H groups in total. The molecule has 0 aliphatic carbocycles. The fourth-order valence-corrected chi connectivity index (χ4v) is 2.81. The molecule has 0 atom stereocenters. The Morgan fingerprint density at radius 3 is 2.36 bits per heavy atom. The molecule has 0 spiro atoms. The number of aryl methyl sites for hydroxylation is 2. The fraction of sp³-hybridized carbons (Fsp3) is 0.227. The van der Waals surface area contributed by atoms with Gasteiger partial charge < -0.3 is 15.5 Å². The highest BCUT2D eigenvalue weighted by molar-refractivity contribution is 6.03. The number of aromatic nitrogens is 2. The van der Waals surface area contributed by atoms with Gasteiger partial charge in [0.25, 0.3) is 5.91 Å². The van der Waals surface area contributed by atoms with Crippen LogP contribution in [-0.2, 0) is 0 Å². The van der Waals surface area contributed by atoms with Gasteiger partial charge in [-0.2, -0.15) is 0 Å². The van der Waals surface area contributed by atoms with E-state index < -0.39 is 0 Å². The Bertz CT molecular complexity index is 996. The second-order valence-corrected chi connectivity index (χ2v) is 6.95. The van der Waals surface area contributed by atoms with E-state index in [1.807, 2.05) is 55.4 Å². The van der Waals surface area contributed by atoms with Crippen molar-refractivity contribution in [3.05, 3.63) is 71.2 Å². The molecule has 28 heavy (non-hydrogen) atoms. The zero-order chi connectivity index (χ0) is 20.3. The maximum absolute atomic E-state index is 12.7. The van der Waals surface area contributed by atoms with Gasteiger partial charge in [0.15, 0.2) is 0 Å². The molecule has 0 aliphatic rings. The van der Waals surface area contributed by atoms with E-state index in [0.29, 0.717) is 17.3 Å². The molecule has 3 rings (SSSR count). The number of hydrogen-bond acceptors (Lipinski definition) is 5. The zero-order valence-electron chi connectivity index (χ0n) is 16.9. The molecule has 0 fully saturated rings. The fourth-order valence-electron chi connectivity index (χ4n) is 2.81. The average Bonchev–Trinajstić information content (AvgIpc) is 2.65. The number of carbonyl (C=O) groups is 1. The van der Waals surface area contributed by atoms with Crippen LogP contribution in [0.15, 0.2) is 48.5 Å². The van der Waals surface area contributed by atoms with Crippen molar-refractivity contribution in [3.63, 3.8) is 0 Å². The molecule has 0 unspecified atom stereocenters. The van der Waals surface area contributed by atoms with Crippen LogP contribution in [-0.4, -0.2) is 30.0 Å². The van der Waals surface area contributed by atoms with E-state index in [2.05, 4.69) is 40.5 Å². The first-order valence-electron chi connectivity index (χ1n) is 9.11. The first-order chi connectivity index (χ1) is 13.3. The molecule has 1 amide bonds. The van der Waals surface area contributed by atoms with Crippen LogP contribution in [0.4, 0.5) is 22.9 Å². The van der Waals surface area contributed by atoms with Crippen molar-refractivity contribution in [3.8, 4) is 0 Å². The maximum Gasteiger partial charge on any atom is 0.274 e. The lowest BCUT2D eigenvalue weighted by Crippen LogP contribution is -2.15. The quantitative estimate of drug-likeness (QED) is 0.689. The molecule has 0 radical (unpaired) electrons. The number of hydrogen-bond donors (Lipinski definition) is 2. The van der Waals surface area contributed by atoms with E-state index in [9.17, 15) is 4.79 Å². The highest BCUT2D eigenvalue weighted by Crippen LogP contribution is 2.22. The Hall–Kier alpha value is -3.41. The van der Waals surface area contributed by atoms with Gasteiger partial charge in [-0.3, -0.25) is 4.79 Å². The Morgan fingerprint density at radius 1 is 0.964 bits per heavy atom. The number of benzene rings is 2. The lowest BCUT2D eigenvalue weighted by Gasteiger charge is -2.14. The van der Waals surface area contributed by atoms with Crippen LogP contribution in [0.5, 0.6) is 0 Å². The molecule has 2 aromatic carbocycles. The summed E-state index contributed by atoms with van der Waals surface area (Å²) in [7, 11) is 3.95. The number of amides is 1. The Labute approximate surface area is 165 Å². The molecule has 3 aromatic rings. The van der Waals surface area contributed by atoms with Crippen molar-refractivity contribution < 1.29 is 4.79 Å². The SMILES string of the molecule is Cc1nc(Nc2cccc(C)c2C)cc(C(=O)Nc2ccc(N(C)C)cc2)n1. The standard InChI is InChI=1S/C22H25N5O/c1-14-7-6-8-19(15(14)2)26-21-13-20(23-16(3)24-21)22(28)25-17-9-11-18(12-10-17)27(4)5/h6-13H,1-5H3,(H,25,28)(H,23,24,26). The summed E-state index contributed by atoms with van der Waals surface area (Å²) < 4.78 is 0. The van der Waals surface area contributed by atoms with E-state index in [4.69, 9.17) is 0 Å². The van der Waals surface area contributed by atoms with E-state index in [1.165, 1.54) is 5.56 Å². The monoisotopic (exact) mass is 375 g/mol. The van der Waals surface area contributed by atoms with E-state index in [1.54, 1.807) is 13.0 Å². The number of nitrogens with zero attached hydrogens (tertiary/aromatic N) is 3. The third kappa shape index (κ3) is 4.46. The van der Waals surface area contributed by atoms with Crippen LogP contribution in [0.2, 0.25) is 0 Å². The minimum atomic E-state index is -0.271. The molecule has 1 heterocycles. The third-order valence-corrected chi connectivity index (χ3v) is 4.58. The number of nitrogens with one attached hydrogen (secondary N) is 2. The summed E-state index contributed by atoms with van der Waals surface area (Å²) in [5.41, 5.74) is 5.40. The Kier molecular flexibility index (Phi) is 5.59. The average molecular weight is 375 g/mol. The summed E-state index contributed by atoms with van der Waals surface area (Å²) in [5, 5.41) is 6.18. The van der Waals surface area contributed by atoms with E-state index in [-0.39, 0.29) is 5.91 Å². The van der Waals surface area contributed by atoms with Gasteiger partial charge in [-0.1, -0.05) is 12.1 Å². The van der Waals surface area contributed by atoms with Gasteiger partial charge in [0.05, 0.1) is 0 Å². The van der Waals surface area contributed by atoms with Crippen LogP contribution in [0.25, 0.3) is 0 Å². The van der Waals surface area contributed by atoms with Crippen LogP contribution >= 0.6 is 0 Å². The summed E-state index contributed by atoms with van der Waals surface area (Å²) in [6, 6.07) is 15.4. The lowest BCUT2D eigenvalue weighted by atomic mass is 10.1. The normalized spacial score (nSPS) is 10.5. The number of rotatable bonds is 5. The molecule has 0 bridgehead atoms. The minimum Gasteiger partial charge on any atom is -0.378 e. The van der Waals surface area contributed by atoms with E-state index in [0.717, 1.165) is 22.6 Å². The number of anilines is 4. The second kappa shape index (κ2) is 8.08. The minimum absolute atomic E-state index is 0.271. The molecule has 6 heteroatoms. The van der Waals surface area contributed by atoms with Crippen molar-refractivity contribution >= 4 is 28.8 Å². The predicted octanol–water partition coefficient (Wildman–Crippen LogP) is 4.46. The second-order valence-electron chi connectivity index (χ2n) is 6.95. The molecular formula is C22H25N5O. The first-order valence-corrected chi connectivity index (χ1v) is 9.11. The smallest absolute Gasteiger partial charge is 0.274 e. The summed E-state index contributed by atoms with van der Waals surface area (Å²) >= 11 is 0. The third-order valence-electron chi connectivity index (χ3n) is 4.58. The number of carbonyl (C=O) groups excluding carboxylic acids is 1. The molecule has 0 saturated heterocycles.